The lowest BCUT2D eigenvalue weighted by Gasteiger charge is -2.30. The molecule has 0 saturated carbocycles. The molecule has 3 atom stereocenters. The van der Waals surface area contributed by atoms with Gasteiger partial charge in [0.25, 0.3) is 0 Å². The first-order valence-electron chi connectivity index (χ1n) is 13.9. The van der Waals surface area contributed by atoms with Crippen molar-refractivity contribution in [2.24, 2.45) is 5.92 Å². The Morgan fingerprint density at radius 2 is 1.54 bits per heavy atom. The van der Waals surface area contributed by atoms with Crippen molar-refractivity contribution < 1.29 is 49.0 Å². The molecule has 244 valence electrons. The third kappa shape index (κ3) is 6.77. The van der Waals surface area contributed by atoms with Crippen molar-refractivity contribution in [3.8, 4) is 22.3 Å². The summed E-state index contributed by atoms with van der Waals surface area (Å²) < 4.78 is 128. The van der Waals surface area contributed by atoms with E-state index in [1.807, 2.05) is 31.2 Å². The second-order valence-corrected chi connectivity index (χ2v) is 11.7. The molecular formula is C33H25ClF9NO2. The van der Waals surface area contributed by atoms with Crippen LogP contribution < -0.4 is 0 Å². The number of amides is 1. The number of ether oxygens (including phenoxy) is 1. The first-order valence-corrected chi connectivity index (χ1v) is 14.3. The third-order valence-electron chi connectivity index (χ3n) is 8.22. The Balaban J connectivity index is 1.53. The number of benzene rings is 3. The lowest BCUT2D eigenvalue weighted by Crippen LogP contribution is -2.38. The number of carbonyl (C=O) groups is 1. The van der Waals surface area contributed by atoms with E-state index in [2.05, 4.69) is 0 Å². The standard InChI is InChI=1S/C33H25ClF9NO2/c1-17-5-3-4-6-25(17)19-7-10-28(34)27(14-19)26-9-8-22(31(35,36)37)13-21(26)16-44-18(2)29(46-30(44)45)20-11-23(32(38,39)40)15-24(12-20)33(41,42)43/h3-11,13-15,18,20,29H,12,16H2,1-2H3/t18-,20-,29-/m0/s1. The highest BCUT2D eigenvalue weighted by Gasteiger charge is 2.48. The Morgan fingerprint density at radius 1 is 0.848 bits per heavy atom. The van der Waals surface area contributed by atoms with Crippen LogP contribution in [-0.4, -0.2) is 35.5 Å². The number of alkyl halides is 9. The third-order valence-corrected chi connectivity index (χ3v) is 8.55. The van der Waals surface area contributed by atoms with Gasteiger partial charge >= 0.3 is 24.6 Å². The van der Waals surface area contributed by atoms with Crippen LogP contribution in [0.25, 0.3) is 22.3 Å². The number of nitrogens with zero attached hydrogens (tertiary/aromatic N) is 1. The molecule has 2 aliphatic rings. The molecular weight excluding hydrogens is 649 g/mol. The molecule has 0 unspecified atom stereocenters. The molecule has 3 aromatic rings. The lowest BCUT2D eigenvalue weighted by atomic mass is 9.83. The maximum absolute atomic E-state index is 13.8. The molecule has 13 heteroatoms. The number of hydrogen-bond acceptors (Lipinski definition) is 2. The fourth-order valence-corrected chi connectivity index (χ4v) is 6.07. The summed E-state index contributed by atoms with van der Waals surface area (Å²) in [4.78, 5) is 14.0. The first-order chi connectivity index (χ1) is 21.3. The van der Waals surface area contributed by atoms with Crippen LogP contribution in [0.5, 0.6) is 0 Å². The van der Waals surface area contributed by atoms with E-state index in [1.54, 1.807) is 18.2 Å². The van der Waals surface area contributed by atoms with Crippen molar-refractivity contribution in [2.75, 3.05) is 0 Å². The van der Waals surface area contributed by atoms with Crippen LogP contribution in [0, 0.1) is 12.8 Å². The zero-order chi connectivity index (χ0) is 33.8. The molecule has 1 heterocycles. The fraction of sp³-hybridized carbons (Fsp3) is 0.303. The van der Waals surface area contributed by atoms with E-state index in [1.165, 1.54) is 13.0 Å². The molecule has 1 saturated heterocycles. The summed E-state index contributed by atoms with van der Waals surface area (Å²) in [6.45, 7) is 2.75. The van der Waals surface area contributed by atoms with Crippen molar-refractivity contribution in [1.82, 2.24) is 4.90 Å². The zero-order valence-electron chi connectivity index (χ0n) is 24.1. The Kier molecular flexibility index (Phi) is 8.74. The van der Waals surface area contributed by atoms with Crippen LogP contribution in [-0.2, 0) is 17.5 Å². The number of cyclic esters (lactones) is 1. The molecule has 0 N–H and O–H groups in total. The molecule has 5 rings (SSSR count). The van der Waals surface area contributed by atoms with E-state index >= 15 is 0 Å². The van der Waals surface area contributed by atoms with Crippen molar-refractivity contribution in [2.45, 2.75) is 57.5 Å². The van der Waals surface area contributed by atoms with Crippen LogP contribution in [0.4, 0.5) is 44.3 Å². The molecule has 1 amide bonds. The molecule has 0 bridgehead atoms. The molecule has 1 aliphatic carbocycles. The summed E-state index contributed by atoms with van der Waals surface area (Å²) in [6.07, 6.45) is -17.7. The Hall–Kier alpha value is -3.93. The number of hydrogen-bond donors (Lipinski definition) is 0. The van der Waals surface area contributed by atoms with Crippen LogP contribution in [0.3, 0.4) is 0 Å². The average molecular weight is 674 g/mol. The topological polar surface area (TPSA) is 29.5 Å². The van der Waals surface area contributed by atoms with Gasteiger partial charge < -0.3 is 4.74 Å². The fourth-order valence-electron chi connectivity index (χ4n) is 5.85. The van der Waals surface area contributed by atoms with Crippen LogP contribution in [0.15, 0.2) is 84.0 Å². The van der Waals surface area contributed by atoms with Crippen molar-refractivity contribution in [1.29, 1.82) is 0 Å². The summed E-state index contributed by atoms with van der Waals surface area (Å²) in [5.41, 5.74) is -0.900. The van der Waals surface area contributed by atoms with Gasteiger partial charge in [-0.1, -0.05) is 54.1 Å². The maximum Gasteiger partial charge on any atom is 0.416 e. The van der Waals surface area contributed by atoms with Crippen molar-refractivity contribution in [3.63, 3.8) is 0 Å². The van der Waals surface area contributed by atoms with Gasteiger partial charge in [-0.05, 0) is 78.4 Å². The zero-order valence-corrected chi connectivity index (χ0v) is 24.9. The monoisotopic (exact) mass is 673 g/mol. The van der Waals surface area contributed by atoms with Gasteiger partial charge in [0, 0.05) is 22.1 Å². The lowest BCUT2D eigenvalue weighted by molar-refractivity contribution is -0.137. The van der Waals surface area contributed by atoms with Gasteiger partial charge in [0.15, 0.2) is 0 Å². The summed E-state index contributed by atoms with van der Waals surface area (Å²) in [6, 6.07) is 14.3. The van der Waals surface area contributed by atoms with E-state index < -0.39 is 72.4 Å². The van der Waals surface area contributed by atoms with Gasteiger partial charge in [0.1, 0.15) is 6.10 Å². The van der Waals surface area contributed by atoms with Gasteiger partial charge in [-0.3, -0.25) is 4.90 Å². The summed E-state index contributed by atoms with van der Waals surface area (Å²) >= 11 is 6.54. The summed E-state index contributed by atoms with van der Waals surface area (Å²) in [5.74, 6) is -1.50. The second kappa shape index (κ2) is 12.0. The molecule has 0 aromatic heterocycles. The van der Waals surface area contributed by atoms with Gasteiger partial charge in [-0.15, -0.1) is 0 Å². The normalized spacial score (nSPS) is 20.8. The molecule has 1 aliphatic heterocycles. The number of halogens is 10. The van der Waals surface area contributed by atoms with Crippen LogP contribution >= 0.6 is 11.6 Å². The SMILES string of the molecule is Cc1ccccc1-c1ccc(Cl)c(-c2ccc(C(F)(F)F)cc2CN2C(=O)O[C@H]([C@H]3C=C(C(F)(F)F)C=C(C(F)(F)F)C3)[C@@H]2C)c1. The highest BCUT2D eigenvalue weighted by molar-refractivity contribution is 6.33. The largest absolute Gasteiger partial charge is 0.443 e. The second-order valence-electron chi connectivity index (χ2n) is 11.3. The molecule has 0 radical (unpaired) electrons. The van der Waals surface area contributed by atoms with Gasteiger partial charge in [-0.25, -0.2) is 4.79 Å². The number of rotatable bonds is 5. The van der Waals surface area contributed by atoms with E-state index in [9.17, 15) is 44.3 Å². The predicted octanol–water partition coefficient (Wildman–Crippen LogP) is 10.7. The van der Waals surface area contributed by atoms with E-state index in [-0.39, 0.29) is 22.2 Å². The van der Waals surface area contributed by atoms with E-state index in [0.29, 0.717) is 11.6 Å². The number of carbonyl (C=O) groups excluding carboxylic acids is 1. The average Bonchev–Trinajstić information content (AvgIpc) is 3.25. The van der Waals surface area contributed by atoms with E-state index in [0.717, 1.165) is 33.7 Å². The van der Waals surface area contributed by atoms with Crippen LogP contribution in [0.2, 0.25) is 5.02 Å². The molecule has 3 nitrogen and oxygen atoms in total. The van der Waals surface area contributed by atoms with E-state index in [4.69, 9.17) is 16.3 Å². The molecule has 0 spiro atoms. The molecule has 1 fully saturated rings. The Morgan fingerprint density at radius 3 is 2.17 bits per heavy atom. The van der Waals surface area contributed by atoms with Gasteiger partial charge in [0.2, 0.25) is 0 Å². The van der Waals surface area contributed by atoms with Crippen molar-refractivity contribution in [3.05, 3.63) is 106 Å². The summed E-state index contributed by atoms with van der Waals surface area (Å²) in [7, 11) is 0. The quantitative estimate of drug-likeness (QED) is 0.252. The minimum absolute atomic E-state index is 0.00541. The van der Waals surface area contributed by atoms with Gasteiger partial charge in [-0.2, -0.15) is 39.5 Å². The Bertz CT molecular complexity index is 1720. The Labute approximate surface area is 262 Å². The number of allylic oxidation sites excluding steroid dienone is 3. The first kappa shape index (κ1) is 33.4. The smallest absolute Gasteiger partial charge is 0.416 e. The molecule has 3 aromatic carbocycles. The van der Waals surface area contributed by atoms with Crippen molar-refractivity contribution >= 4 is 17.7 Å². The highest BCUT2D eigenvalue weighted by atomic mass is 35.5. The molecule has 46 heavy (non-hydrogen) atoms. The highest BCUT2D eigenvalue weighted by Crippen LogP contribution is 2.44. The summed E-state index contributed by atoms with van der Waals surface area (Å²) in [5, 5.41) is 0.201. The van der Waals surface area contributed by atoms with Crippen LogP contribution in [0.1, 0.15) is 30.0 Å². The maximum atomic E-state index is 13.8. The minimum Gasteiger partial charge on any atom is -0.443 e. The van der Waals surface area contributed by atoms with Gasteiger partial charge in [0.05, 0.1) is 23.7 Å². The predicted molar refractivity (Wildman–Crippen MR) is 154 cm³/mol. The number of aryl methyl sites for hydroxylation is 1. The minimum atomic E-state index is -5.10.